The summed E-state index contributed by atoms with van der Waals surface area (Å²) in [5.74, 6) is 1.24. The Balaban J connectivity index is 2.63. The van der Waals surface area contributed by atoms with Crippen LogP contribution in [0.25, 0.3) is 11.1 Å². The van der Waals surface area contributed by atoms with Crippen molar-refractivity contribution in [1.82, 2.24) is 4.98 Å². The molecule has 0 unspecified atom stereocenters. The van der Waals surface area contributed by atoms with Crippen LogP contribution in [0.4, 0.5) is 0 Å². The molecular formula is C15H15N3O2. The van der Waals surface area contributed by atoms with Gasteiger partial charge >= 0.3 is 0 Å². The summed E-state index contributed by atoms with van der Waals surface area (Å²) in [6.07, 6.45) is 3.22. The topological polar surface area (TPSA) is 81.2 Å². The van der Waals surface area contributed by atoms with Crippen LogP contribution in [0.2, 0.25) is 0 Å². The number of hydrogen-bond acceptors (Lipinski definition) is 5. The van der Waals surface area contributed by atoms with E-state index in [1.165, 1.54) is 6.20 Å². The summed E-state index contributed by atoms with van der Waals surface area (Å²) in [6.45, 7) is 0.354. The lowest BCUT2D eigenvalue weighted by molar-refractivity contribution is 0.354. The van der Waals surface area contributed by atoms with E-state index in [0.717, 1.165) is 16.7 Å². The molecule has 2 N–H and O–H groups in total. The second-order valence-corrected chi connectivity index (χ2v) is 4.14. The maximum absolute atomic E-state index is 8.96. The Morgan fingerprint density at radius 2 is 1.85 bits per heavy atom. The Bertz CT molecular complexity index is 663. The third-order valence-corrected chi connectivity index (χ3v) is 3.01. The van der Waals surface area contributed by atoms with Crippen LogP contribution in [-0.4, -0.2) is 19.2 Å². The molecule has 0 atom stereocenters. The quantitative estimate of drug-likeness (QED) is 0.919. The molecule has 0 radical (unpaired) electrons. The van der Waals surface area contributed by atoms with Crippen molar-refractivity contribution < 1.29 is 9.47 Å². The number of pyridine rings is 1. The van der Waals surface area contributed by atoms with E-state index >= 15 is 0 Å². The second-order valence-electron chi connectivity index (χ2n) is 4.14. The zero-order chi connectivity index (χ0) is 14.5. The van der Waals surface area contributed by atoms with Crippen LogP contribution in [0, 0.1) is 11.3 Å². The highest BCUT2D eigenvalue weighted by molar-refractivity contribution is 5.71. The standard InChI is InChI=1S/C15H15N3O2/c1-19-14-4-11(7-17)13(5-15(14)20-2)12-3-10(6-16)8-18-9-12/h3-5,8-9H,7,17H2,1-2H3. The van der Waals surface area contributed by atoms with E-state index in [9.17, 15) is 0 Å². The van der Waals surface area contributed by atoms with Gasteiger partial charge in [0, 0.05) is 24.5 Å². The number of nitriles is 1. The Morgan fingerprint density at radius 3 is 2.45 bits per heavy atom. The highest BCUT2D eigenvalue weighted by Crippen LogP contribution is 2.35. The first-order chi connectivity index (χ1) is 9.73. The van der Waals surface area contributed by atoms with Crippen molar-refractivity contribution in [1.29, 1.82) is 5.26 Å². The lowest BCUT2D eigenvalue weighted by Gasteiger charge is -2.14. The van der Waals surface area contributed by atoms with Crippen molar-refractivity contribution in [3.05, 3.63) is 41.7 Å². The zero-order valence-corrected chi connectivity index (χ0v) is 11.4. The van der Waals surface area contributed by atoms with Gasteiger partial charge in [-0.15, -0.1) is 0 Å². The summed E-state index contributed by atoms with van der Waals surface area (Å²) in [6, 6.07) is 7.53. The van der Waals surface area contributed by atoms with Crippen LogP contribution >= 0.6 is 0 Å². The van der Waals surface area contributed by atoms with Crippen LogP contribution in [0.5, 0.6) is 11.5 Å². The fourth-order valence-corrected chi connectivity index (χ4v) is 2.01. The van der Waals surface area contributed by atoms with Gasteiger partial charge in [0.05, 0.1) is 19.8 Å². The normalized spacial score (nSPS) is 9.90. The average molecular weight is 269 g/mol. The van der Waals surface area contributed by atoms with Crippen molar-refractivity contribution in [2.75, 3.05) is 14.2 Å². The lowest BCUT2D eigenvalue weighted by atomic mass is 9.99. The third kappa shape index (κ3) is 2.56. The second kappa shape index (κ2) is 6.04. The molecule has 0 amide bonds. The number of hydrogen-bond donors (Lipinski definition) is 1. The molecule has 0 bridgehead atoms. The number of nitrogens with two attached hydrogens (primary N) is 1. The van der Waals surface area contributed by atoms with E-state index in [1.807, 2.05) is 12.1 Å². The lowest BCUT2D eigenvalue weighted by Crippen LogP contribution is -2.02. The van der Waals surface area contributed by atoms with Gasteiger partial charge in [0.25, 0.3) is 0 Å². The predicted molar refractivity (Wildman–Crippen MR) is 75.4 cm³/mol. The van der Waals surface area contributed by atoms with E-state index < -0.39 is 0 Å². The monoisotopic (exact) mass is 269 g/mol. The molecule has 1 aromatic carbocycles. The van der Waals surface area contributed by atoms with Gasteiger partial charge in [0.1, 0.15) is 6.07 Å². The maximum Gasteiger partial charge on any atom is 0.161 e. The largest absolute Gasteiger partial charge is 0.493 e. The van der Waals surface area contributed by atoms with Crippen LogP contribution in [0.3, 0.4) is 0 Å². The van der Waals surface area contributed by atoms with Crippen LogP contribution in [0.15, 0.2) is 30.6 Å². The minimum atomic E-state index is 0.354. The van der Waals surface area contributed by atoms with Crippen molar-refractivity contribution in [2.45, 2.75) is 6.54 Å². The molecule has 0 aliphatic heterocycles. The molecule has 0 saturated carbocycles. The third-order valence-electron chi connectivity index (χ3n) is 3.01. The summed E-state index contributed by atoms with van der Waals surface area (Å²) in [5.41, 5.74) is 8.90. The Morgan fingerprint density at radius 1 is 1.15 bits per heavy atom. The van der Waals surface area contributed by atoms with E-state index in [2.05, 4.69) is 11.1 Å². The minimum absolute atomic E-state index is 0.354. The summed E-state index contributed by atoms with van der Waals surface area (Å²) < 4.78 is 10.6. The summed E-state index contributed by atoms with van der Waals surface area (Å²) in [7, 11) is 3.16. The van der Waals surface area contributed by atoms with Gasteiger partial charge in [-0.05, 0) is 29.3 Å². The number of benzene rings is 1. The van der Waals surface area contributed by atoms with Gasteiger partial charge in [-0.3, -0.25) is 4.98 Å². The Kier molecular flexibility index (Phi) is 4.18. The predicted octanol–water partition coefficient (Wildman–Crippen LogP) is 2.10. The first-order valence-electron chi connectivity index (χ1n) is 6.04. The molecule has 5 nitrogen and oxygen atoms in total. The van der Waals surface area contributed by atoms with E-state index in [0.29, 0.717) is 23.6 Å². The molecule has 0 aliphatic carbocycles. The van der Waals surface area contributed by atoms with E-state index in [1.54, 1.807) is 26.5 Å². The highest BCUT2D eigenvalue weighted by Gasteiger charge is 2.12. The van der Waals surface area contributed by atoms with Gasteiger partial charge < -0.3 is 15.2 Å². The van der Waals surface area contributed by atoms with Crippen LogP contribution in [0.1, 0.15) is 11.1 Å². The first kappa shape index (κ1) is 13.8. The van der Waals surface area contributed by atoms with Crippen molar-refractivity contribution in [3.8, 4) is 28.7 Å². The summed E-state index contributed by atoms with van der Waals surface area (Å²) >= 11 is 0. The van der Waals surface area contributed by atoms with Gasteiger partial charge in [-0.1, -0.05) is 0 Å². The fourth-order valence-electron chi connectivity index (χ4n) is 2.01. The minimum Gasteiger partial charge on any atom is -0.493 e. The SMILES string of the molecule is COc1cc(CN)c(-c2cncc(C#N)c2)cc1OC. The average Bonchev–Trinajstić information content (AvgIpc) is 2.53. The molecule has 0 saturated heterocycles. The van der Waals surface area contributed by atoms with Gasteiger partial charge in [0.15, 0.2) is 11.5 Å². The zero-order valence-electron chi connectivity index (χ0n) is 11.4. The number of ether oxygens (including phenoxy) is 2. The van der Waals surface area contributed by atoms with E-state index in [-0.39, 0.29) is 0 Å². The van der Waals surface area contributed by atoms with Gasteiger partial charge in [-0.2, -0.15) is 5.26 Å². The first-order valence-corrected chi connectivity index (χ1v) is 6.04. The molecule has 5 heteroatoms. The molecule has 1 heterocycles. The van der Waals surface area contributed by atoms with Crippen molar-refractivity contribution >= 4 is 0 Å². The van der Waals surface area contributed by atoms with Crippen molar-refractivity contribution in [3.63, 3.8) is 0 Å². The molecule has 0 aliphatic rings. The maximum atomic E-state index is 8.96. The Hall–Kier alpha value is -2.58. The molecule has 102 valence electrons. The number of methoxy groups -OCH3 is 2. The number of nitrogens with zero attached hydrogens (tertiary/aromatic N) is 2. The summed E-state index contributed by atoms with van der Waals surface area (Å²) in [4.78, 5) is 4.07. The molecule has 2 aromatic rings. The van der Waals surface area contributed by atoms with Crippen LogP contribution < -0.4 is 15.2 Å². The highest BCUT2D eigenvalue weighted by atomic mass is 16.5. The molecular weight excluding hydrogens is 254 g/mol. The number of aromatic nitrogens is 1. The molecule has 0 fully saturated rings. The Labute approximate surface area is 117 Å². The van der Waals surface area contributed by atoms with Gasteiger partial charge in [0.2, 0.25) is 0 Å². The molecule has 20 heavy (non-hydrogen) atoms. The molecule has 1 aromatic heterocycles. The molecule has 2 rings (SSSR count). The van der Waals surface area contributed by atoms with E-state index in [4.69, 9.17) is 20.5 Å². The summed E-state index contributed by atoms with van der Waals surface area (Å²) in [5, 5.41) is 8.96. The molecule has 0 spiro atoms. The van der Waals surface area contributed by atoms with Crippen LogP contribution in [-0.2, 0) is 6.54 Å². The fraction of sp³-hybridized carbons (Fsp3) is 0.200. The van der Waals surface area contributed by atoms with Crippen molar-refractivity contribution in [2.24, 2.45) is 5.73 Å². The number of rotatable bonds is 4. The smallest absolute Gasteiger partial charge is 0.161 e. The van der Waals surface area contributed by atoms with Gasteiger partial charge in [-0.25, -0.2) is 0 Å².